The van der Waals surface area contributed by atoms with Gasteiger partial charge in [-0.2, -0.15) is 0 Å². The van der Waals surface area contributed by atoms with E-state index in [1.807, 2.05) is 0 Å². The van der Waals surface area contributed by atoms with Crippen LogP contribution in [0.25, 0.3) is 0 Å². The summed E-state index contributed by atoms with van der Waals surface area (Å²) < 4.78 is 26.7. The minimum Gasteiger partial charge on any atom is -0.393 e. The predicted octanol–water partition coefficient (Wildman–Crippen LogP) is 3.45. The lowest BCUT2D eigenvalue weighted by Crippen LogP contribution is -2.16. The molecule has 0 spiro atoms. The van der Waals surface area contributed by atoms with E-state index in [1.165, 1.54) is 31.0 Å². The van der Waals surface area contributed by atoms with Gasteiger partial charge in [0.05, 0.1) is 6.10 Å². The van der Waals surface area contributed by atoms with Crippen molar-refractivity contribution < 1.29 is 13.9 Å². The van der Waals surface area contributed by atoms with Crippen molar-refractivity contribution in [3.05, 3.63) is 35.4 Å². The lowest BCUT2D eigenvalue weighted by Gasteiger charge is -2.16. The minimum atomic E-state index is -0.635. The summed E-state index contributed by atoms with van der Waals surface area (Å²) in [5.74, 6) is -0.592. The number of hydrogen-bond donors (Lipinski definition) is 1. The molecule has 1 aromatic carbocycles. The van der Waals surface area contributed by atoms with Crippen LogP contribution >= 0.6 is 0 Å². The zero-order valence-corrected chi connectivity index (χ0v) is 9.83. The van der Waals surface area contributed by atoms with Crippen molar-refractivity contribution in [3.63, 3.8) is 0 Å². The molecule has 1 unspecified atom stereocenters. The van der Waals surface area contributed by atoms with E-state index >= 15 is 0 Å². The van der Waals surface area contributed by atoms with Gasteiger partial charge in [-0.1, -0.05) is 31.7 Å². The molecule has 0 amide bonds. The number of aliphatic hydroxyl groups excluding tert-OH is 1. The summed E-state index contributed by atoms with van der Waals surface area (Å²) in [7, 11) is 0. The highest BCUT2D eigenvalue weighted by Crippen LogP contribution is 2.29. The highest BCUT2D eigenvalue weighted by atomic mass is 19.1. The average Bonchev–Trinajstić information content (AvgIpc) is 2.76. The van der Waals surface area contributed by atoms with E-state index in [0.29, 0.717) is 12.3 Å². The molecule has 1 saturated carbocycles. The van der Waals surface area contributed by atoms with E-state index in [9.17, 15) is 13.9 Å². The zero-order chi connectivity index (χ0) is 12.3. The fourth-order valence-corrected chi connectivity index (χ4v) is 2.68. The van der Waals surface area contributed by atoms with Crippen molar-refractivity contribution in [2.24, 2.45) is 5.92 Å². The van der Waals surface area contributed by atoms with Crippen LogP contribution in [0.4, 0.5) is 8.78 Å². The van der Waals surface area contributed by atoms with Gasteiger partial charge in [0, 0.05) is 12.0 Å². The Morgan fingerprint density at radius 1 is 1.18 bits per heavy atom. The first-order valence-corrected chi connectivity index (χ1v) is 6.27. The molecular weight excluding hydrogens is 222 g/mol. The molecule has 17 heavy (non-hydrogen) atoms. The van der Waals surface area contributed by atoms with Gasteiger partial charge in [0.1, 0.15) is 11.6 Å². The summed E-state index contributed by atoms with van der Waals surface area (Å²) in [5.41, 5.74) is 0.0120. The average molecular weight is 240 g/mol. The van der Waals surface area contributed by atoms with E-state index in [2.05, 4.69) is 0 Å². The summed E-state index contributed by atoms with van der Waals surface area (Å²) >= 11 is 0. The van der Waals surface area contributed by atoms with Crippen LogP contribution in [0.3, 0.4) is 0 Å². The Morgan fingerprint density at radius 2 is 1.76 bits per heavy atom. The van der Waals surface area contributed by atoms with Gasteiger partial charge >= 0.3 is 0 Å². The molecule has 3 heteroatoms. The Balaban J connectivity index is 1.95. The van der Waals surface area contributed by atoms with E-state index in [4.69, 9.17) is 0 Å². The van der Waals surface area contributed by atoms with Gasteiger partial charge in [-0.3, -0.25) is 0 Å². The fourth-order valence-electron chi connectivity index (χ4n) is 2.68. The maximum absolute atomic E-state index is 13.4. The summed E-state index contributed by atoms with van der Waals surface area (Å²) in [6.45, 7) is 0. The third-order valence-electron chi connectivity index (χ3n) is 3.58. The second-order valence-electron chi connectivity index (χ2n) is 4.94. The van der Waals surface area contributed by atoms with Gasteiger partial charge in [-0.05, 0) is 24.5 Å². The maximum Gasteiger partial charge on any atom is 0.129 e. The lowest BCUT2D eigenvalue weighted by atomic mass is 9.95. The van der Waals surface area contributed by atoms with Crippen molar-refractivity contribution in [1.29, 1.82) is 0 Å². The van der Waals surface area contributed by atoms with Gasteiger partial charge in [0.15, 0.2) is 0 Å². The van der Waals surface area contributed by atoms with E-state index < -0.39 is 17.7 Å². The third kappa shape index (κ3) is 3.25. The molecule has 2 rings (SSSR count). The molecule has 1 aromatic rings. The van der Waals surface area contributed by atoms with Crippen molar-refractivity contribution in [1.82, 2.24) is 0 Å². The number of benzene rings is 1. The summed E-state index contributed by atoms with van der Waals surface area (Å²) in [5, 5.41) is 9.88. The molecule has 0 heterocycles. The molecule has 1 aliphatic carbocycles. The maximum atomic E-state index is 13.4. The first-order valence-electron chi connectivity index (χ1n) is 6.27. The fraction of sp³-hybridized carbons (Fsp3) is 0.571. The molecule has 1 nitrogen and oxygen atoms in total. The van der Waals surface area contributed by atoms with Gasteiger partial charge in [-0.15, -0.1) is 0 Å². The first kappa shape index (κ1) is 12.5. The Labute approximate surface area is 100 Å². The van der Waals surface area contributed by atoms with Crippen molar-refractivity contribution >= 4 is 0 Å². The van der Waals surface area contributed by atoms with Gasteiger partial charge in [0.2, 0.25) is 0 Å². The number of hydrogen-bond acceptors (Lipinski definition) is 1. The summed E-state index contributed by atoms with van der Waals surface area (Å²) in [4.78, 5) is 0. The van der Waals surface area contributed by atoms with Crippen molar-refractivity contribution in [3.8, 4) is 0 Å². The van der Waals surface area contributed by atoms with Gasteiger partial charge in [0.25, 0.3) is 0 Å². The first-order chi connectivity index (χ1) is 8.16. The molecule has 1 atom stereocenters. The largest absolute Gasteiger partial charge is 0.393 e. The third-order valence-corrected chi connectivity index (χ3v) is 3.58. The predicted molar refractivity (Wildman–Crippen MR) is 62.6 cm³/mol. The molecule has 0 saturated heterocycles. The summed E-state index contributed by atoms with van der Waals surface area (Å²) in [6.07, 6.45) is 4.80. The smallest absolute Gasteiger partial charge is 0.129 e. The SMILES string of the molecule is OC(Cc1c(F)cccc1F)CC1CCCC1. The standard InChI is InChI=1S/C14H18F2O/c15-13-6-3-7-14(16)12(13)9-11(17)8-10-4-1-2-5-10/h3,6-7,10-11,17H,1-2,4-5,8-9H2. The van der Waals surface area contributed by atoms with Crippen LogP contribution in [0, 0.1) is 17.6 Å². The molecule has 1 aliphatic rings. The Hall–Kier alpha value is -0.960. The highest BCUT2D eigenvalue weighted by molar-refractivity contribution is 5.20. The second-order valence-corrected chi connectivity index (χ2v) is 4.94. The normalized spacial score (nSPS) is 18.5. The van der Waals surface area contributed by atoms with Crippen molar-refractivity contribution in [2.45, 2.75) is 44.6 Å². The number of rotatable bonds is 4. The van der Waals surface area contributed by atoms with Crippen LogP contribution in [0.5, 0.6) is 0 Å². The molecule has 0 aliphatic heterocycles. The molecule has 0 bridgehead atoms. The molecule has 0 aromatic heterocycles. The van der Waals surface area contributed by atoms with E-state index in [-0.39, 0.29) is 12.0 Å². The van der Waals surface area contributed by atoms with Crippen molar-refractivity contribution in [2.75, 3.05) is 0 Å². The Kier molecular flexibility index (Phi) is 4.11. The van der Waals surface area contributed by atoms with Crippen LogP contribution in [0.15, 0.2) is 18.2 Å². The lowest BCUT2D eigenvalue weighted by molar-refractivity contribution is 0.141. The van der Waals surface area contributed by atoms with Gasteiger partial charge in [-0.25, -0.2) is 8.78 Å². The quantitative estimate of drug-likeness (QED) is 0.854. The van der Waals surface area contributed by atoms with Crippen LogP contribution in [-0.2, 0) is 6.42 Å². The Morgan fingerprint density at radius 3 is 2.35 bits per heavy atom. The molecule has 94 valence electrons. The van der Waals surface area contributed by atoms with E-state index in [0.717, 1.165) is 12.8 Å². The minimum absolute atomic E-state index is 0.0120. The number of aliphatic hydroxyl groups is 1. The second kappa shape index (κ2) is 5.58. The monoisotopic (exact) mass is 240 g/mol. The van der Waals surface area contributed by atoms with Crippen LogP contribution < -0.4 is 0 Å². The van der Waals surface area contributed by atoms with E-state index in [1.54, 1.807) is 0 Å². The molecule has 1 N–H and O–H groups in total. The zero-order valence-electron chi connectivity index (χ0n) is 9.83. The van der Waals surface area contributed by atoms with Crippen LogP contribution in [-0.4, -0.2) is 11.2 Å². The van der Waals surface area contributed by atoms with Gasteiger partial charge < -0.3 is 5.11 Å². The molecule has 0 radical (unpaired) electrons. The Bertz CT molecular complexity index is 352. The van der Waals surface area contributed by atoms with Crippen LogP contribution in [0.2, 0.25) is 0 Å². The molecule has 1 fully saturated rings. The summed E-state index contributed by atoms with van der Waals surface area (Å²) in [6, 6.07) is 3.82. The number of halogens is 2. The topological polar surface area (TPSA) is 20.2 Å². The molecular formula is C14H18F2O. The highest BCUT2D eigenvalue weighted by Gasteiger charge is 2.20. The van der Waals surface area contributed by atoms with Crippen LogP contribution in [0.1, 0.15) is 37.7 Å².